The number of carbonyl (C=O) groups is 2. The molecular weight excluding hydrogens is 356 g/mol. The van der Waals surface area contributed by atoms with Crippen LogP contribution < -0.4 is 20.4 Å². The summed E-state index contributed by atoms with van der Waals surface area (Å²) in [6.07, 6.45) is 1.48. The largest absolute Gasteiger partial charge is 0.360 e. The molecule has 2 heterocycles. The molecule has 0 radical (unpaired) electrons. The molecule has 1 saturated heterocycles. The predicted octanol–water partition coefficient (Wildman–Crippen LogP) is 0.642. The highest BCUT2D eigenvalue weighted by molar-refractivity contribution is 5.82. The predicted molar refractivity (Wildman–Crippen MR) is 106 cm³/mol. The number of pyridine rings is 1. The molecule has 0 atom stereocenters. The van der Waals surface area contributed by atoms with E-state index in [9.17, 15) is 9.59 Å². The molecule has 0 saturated carbocycles. The molecule has 2 aromatic rings. The molecule has 1 aliphatic heterocycles. The minimum absolute atomic E-state index is 0.0310. The summed E-state index contributed by atoms with van der Waals surface area (Å²) in [6.45, 7) is 2.40. The number of hydrogen-bond acceptors (Lipinski definition) is 6. The lowest BCUT2D eigenvalue weighted by Gasteiger charge is -2.28. The number of anilines is 2. The summed E-state index contributed by atoms with van der Waals surface area (Å²) < 4.78 is 0. The zero-order valence-electron chi connectivity index (χ0n) is 15.7. The lowest BCUT2D eigenvalue weighted by atomic mass is 10.2. The third-order valence-corrected chi connectivity index (χ3v) is 4.48. The lowest BCUT2D eigenvalue weighted by Crippen LogP contribution is -2.47. The summed E-state index contributed by atoms with van der Waals surface area (Å²) >= 11 is 0. The Bertz CT molecular complexity index is 873. The summed E-state index contributed by atoms with van der Waals surface area (Å²) in [5.41, 5.74) is 2.46. The van der Waals surface area contributed by atoms with E-state index < -0.39 is 0 Å². The number of piperazine rings is 1. The number of amides is 2. The van der Waals surface area contributed by atoms with Gasteiger partial charge in [0.1, 0.15) is 11.9 Å². The van der Waals surface area contributed by atoms with Crippen molar-refractivity contribution < 1.29 is 9.59 Å². The molecule has 0 spiro atoms. The average molecular weight is 378 g/mol. The molecule has 2 amide bonds. The Morgan fingerprint density at radius 3 is 2.75 bits per heavy atom. The van der Waals surface area contributed by atoms with Crippen molar-refractivity contribution in [2.24, 2.45) is 0 Å². The third-order valence-electron chi connectivity index (χ3n) is 4.48. The Morgan fingerprint density at radius 2 is 2.11 bits per heavy atom. The van der Waals surface area contributed by atoms with E-state index in [-0.39, 0.29) is 18.4 Å². The molecule has 0 unspecified atom stereocenters. The number of benzene rings is 1. The van der Waals surface area contributed by atoms with E-state index in [4.69, 9.17) is 5.26 Å². The van der Waals surface area contributed by atoms with Gasteiger partial charge in [-0.2, -0.15) is 5.26 Å². The van der Waals surface area contributed by atoms with Gasteiger partial charge in [-0.15, -0.1) is 0 Å². The smallest absolute Gasteiger partial charge is 0.239 e. The van der Waals surface area contributed by atoms with Gasteiger partial charge in [-0.05, 0) is 29.8 Å². The van der Waals surface area contributed by atoms with Gasteiger partial charge in [0.05, 0.1) is 18.7 Å². The van der Waals surface area contributed by atoms with Gasteiger partial charge in [-0.25, -0.2) is 4.98 Å². The first-order chi connectivity index (χ1) is 13.5. The minimum Gasteiger partial charge on any atom is -0.360 e. The van der Waals surface area contributed by atoms with Crippen LogP contribution in [0.5, 0.6) is 0 Å². The highest BCUT2D eigenvalue weighted by atomic mass is 16.2. The first-order valence-corrected chi connectivity index (χ1v) is 9.00. The topological polar surface area (TPSA) is 101 Å². The van der Waals surface area contributed by atoms with Crippen molar-refractivity contribution in [2.45, 2.75) is 6.54 Å². The van der Waals surface area contributed by atoms with E-state index in [1.54, 1.807) is 24.1 Å². The van der Waals surface area contributed by atoms with Crippen molar-refractivity contribution in [3.8, 4) is 6.07 Å². The summed E-state index contributed by atoms with van der Waals surface area (Å²) in [5, 5.41) is 14.5. The van der Waals surface area contributed by atoms with E-state index >= 15 is 0 Å². The highest BCUT2D eigenvalue weighted by Gasteiger charge is 2.16. The Kier molecular flexibility index (Phi) is 6.07. The van der Waals surface area contributed by atoms with Gasteiger partial charge < -0.3 is 20.4 Å². The molecule has 8 heteroatoms. The average Bonchev–Trinajstić information content (AvgIpc) is 2.72. The summed E-state index contributed by atoms with van der Waals surface area (Å²) in [5.74, 6) is 0.540. The summed E-state index contributed by atoms with van der Waals surface area (Å²) in [6, 6.07) is 13.2. The molecule has 3 rings (SSSR count). The van der Waals surface area contributed by atoms with E-state index in [1.807, 2.05) is 35.2 Å². The van der Waals surface area contributed by atoms with Crippen molar-refractivity contribution >= 4 is 23.3 Å². The maximum absolute atomic E-state index is 12.2. The molecule has 1 fully saturated rings. The maximum Gasteiger partial charge on any atom is 0.239 e. The Hall–Kier alpha value is -3.60. The van der Waals surface area contributed by atoms with E-state index in [1.165, 1.54) is 6.20 Å². The summed E-state index contributed by atoms with van der Waals surface area (Å²) in [7, 11) is 1.78. The van der Waals surface area contributed by atoms with Gasteiger partial charge in [-0.1, -0.05) is 12.1 Å². The molecule has 8 nitrogen and oxygen atoms in total. The van der Waals surface area contributed by atoms with Crippen LogP contribution in [-0.2, 0) is 16.1 Å². The van der Waals surface area contributed by atoms with E-state index in [2.05, 4.69) is 15.6 Å². The molecule has 28 heavy (non-hydrogen) atoms. The van der Waals surface area contributed by atoms with Crippen LogP contribution in [0.4, 0.5) is 11.5 Å². The SMILES string of the molecule is CN(CC(=O)NCc1ccc(N2CCNC(=O)C2)cc1)c1ccc(C#N)cn1. The molecule has 2 N–H and O–H groups in total. The van der Waals surface area contributed by atoms with Crippen LogP contribution >= 0.6 is 0 Å². The fraction of sp³-hybridized carbons (Fsp3) is 0.300. The minimum atomic E-state index is -0.120. The van der Waals surface area contributed by atoms with Gasteiger partial charge in [-0.3, -0.25) is 9.59 Å². The second kappa shape index (κ2) is 8.86. The number of aromatic nitrogens is 1. The van der Waals surface area contributed by atoms with Crippen molar-refractivity contribution in [3.05, 3.63) is 53.7 Å². The fourth-order valence-electron chi connectivity index (χ4n) is 2.91. The normalized spacial score (nSPS) is 13.4. The van der Waals surface area contributed by atoms with Crippen LogP contribution in [0.3, 0.4) is 0 Å². The van der Waals surface area contributed by atoms with Crippen molar-refractivity contribution in [3.63, 3.8) is 0 Å². The Balaban J connectivity index is 1.48. The van der Waals surface area contributed by atoms with Crippen molar-refractivity contribution in [1.82, 2.24) is 15.6 Å². The molecule has 144 valence electrons. The fourth-order valence-corrected chi connectivity index (χ4v) is 2.91. The van der Waals surface area contributed by atoms with Crippen LogP contribution in [0.25, 0.3) is 0 Å². The first-order valence-electron chi connectivity index (χ1n) is 9.00. The van der Waals surface area contributed by atoms with Crippen LogP contribution in [0, 0.1) is 11.3 Å². The van der Waals surface area contributed by atoms with Crippen molar-refractivity contribution in [1.29, 1.82) is 5.26 Å². The molecule has 1 aromatic carbocycles. The number of rotatable bonds is 6. The zero-order valence-corrected chi connectivity index (χ0v) is 15.7. The van der Waals surface area contributed by atoms with Crippen LogP contribution in [-0.4, -0.2) is 50.0 Å². The number of nitriles is 1. The highest BCUT2D eigenvalue weighted by Crippen LogP contribution is 2.16. The molecule has 1 aliphatic rings. The second-order valence-electron chi connectivity index (χ2n) is 6.59. The number of nitrogens with zero attached hydrogens (tertiary/aromatic N) is 4. The zero-order chi connectivity index (χ0) is 19.9. The molecule has 0 aliphatic carbocycles. The van der Waals surface area contributed by atoms with Gasteiger partial charge in [0.15, 0.2) is 0 Å². The molecule has 1 aromatic heterocycles. The van der Waals surface area contributed by atoms with Gasteiger partial charge in [0.2, 0.25) is 11.8 Å². The molecule has 0 bridgehead atoms. The molecular formula is C20H22N6O2. The van der Waals surface area contributed by atoms with E-state index in [0.717, 1.165) is 17.8 Å². The quantitative estimate of drug-likeness (QED) is 0.765. The number of carbonyl (C=O) groups excluding carboxylic acids is 2. The third kappa shape index (κ3) is 4.98. The Morgan fingerprint density at radius 1 is 1.32 bits per heavy atom. The Labute approximate surface area is 163 Å². The first kappa shape index (κ1) is 19.2. The van der Waals surface area contributed by atoms with Crippen LogP contribution in [0.1, 0.15) is 11.1 Å². The van der Waals surface area contributed by atoms with Gasteiger partial charge >= 0.3 is 0 Å². The summed E-state index contributed by atoms with van der Waals surface area (Å²) in [4.78, 5) is 31.6. The number of likely N-dealkylation sites (N-methyl/N-ethyl adjacent to an activating group) is 1. The van der Waals surface area contributed by atoms with Gasteiger partial charge in [0.25, 0.3) is 0 Å². The lowest BCUT2D eigenvalue weighted by molar-refractivity contribution is -0.121. The number of nitrogens with one attached hydrogen (secondary N) is 2. The second-order valence-corrected chi connectivity index (χ2v) is 6.59. The van der Waals surface area contributed by atoms with Crippen LogP contribution in [0.2, 0.25) is 0 Å². The number of hydrogen-bond donors (Lipinski definition) is 2. The monoisotopic (exact) mass is 378 g/mol. The maximum atomic E-state index is 12.2. The standard InChI is InChI=1S/C20H22N6O2/c1-25(18-7-4-16(10-21)12-23-18)13-19(27)24-11-15-2-5-17(6-3-15)26-9-8-22-20(28)14-26/h2-7,12H,8-9,11,13-14H2,1H3,(H,22,28)(H,24,27). The van der Waals surface area contributed by atoms with E-state index in [0.29, 0.717) is 31.0 Å². The van der Waals surface area contributed by atoms with Gasteiger partial charge in [0, 0.05) is 38.6 Å². The van der Waals surface area contributed by atoms with Crippen LogP contribution in [0.15, 0.2) is 42.6 Å². The van der Waals surface area contributed by atoms with Crippen molar-refractivity contribution in [2.75, 3.05) is 43.0 Å².